The van der Waals surface area contributed by atoms with Crippen molar-refractivity contribution in [3.05, 3.63) is 94.1 Å². The molecule has 15 heteroatoms. The maximum absolute atomic E-state index is 14.9. The fraction of sp³-hybridized carbons (Fsp3) is 0.303. The lowest BCUT2D eigenvalue weighted by Gasteiger charge is -2.37. The van der Waals surface area contributed by atoms with Gasteiger partial charge in [0.05, 0.1) is 36.6 Å². The molecule has 4 atom stereocenters. The second-order valence-corrected chi connectivity index (χ2v) is 11.9. The molecule has 2 amide bonds. The highest BCUT2D eigenvalue weighted by molar-refractivity contribution is 6.01. The van der Waals surface area contributed by atoms with E-state index in [1.165, 1.54) is 37.4 Å². The van der Waals surface area contributed by atoms with Crippen molar-refractivity contribution < 1.29 is 59.4 Å². The van der Waals surface area contributed by atoms with Gasteiger partial charge in [-0.05, 0) is 77.9 Å². The van der Waals surface area contributed by atoms with Gasteiger partial charge in [-0.2, -0.15) is 26.3 Å². The molecular formula is C33H24F8N2O5. The maximum atomic E-state index is 14.9. The van der Waals surface area contributed by atoms with Gasteiger partial charge >= 0.3 is 18.3 Å². The molecule has 0 spiro atoms. The lowest BCUT2D eigenvalue weighted by atomic mass is 9.74. The number of halogens is 8. The molecule has 2 unspecified atom stereocenters. The minimum Gasteiger partial charge on any atom is -0.496 e. The minimum absolute atomic E-state index is 0.0376. The van der Waals surface area contributed by atoms with Gasteiger partial charge in [0.25, 0.3) is 5.91 Å². The van der Waals surface area contributed by atoms with Gasteiger partial charge in [-0.15, -0.1) is 0 Å². The Balaban J connectivity index is 1.34. The Bertz CT molecular complexity index is 1900. The molecule has 48 heavy (non-hydrogen) atoms. The summed E-state index contributed by atoms with van der Waals surface area (Å²) in [5, 5.41) is 13.9. The first-order chi connectivity index (χ1) is 22.5. The number of methoxy groups -OCH3 is 1. The zero-order valence-corrected chi connectivity index (χ0v) is 24.7. The molecule has 7 nitrogen and oxygen atoms in total. The van der Waals surface area contributed by atoms with Crippen LogP contribution in [-0.2, 0) is 22.2 Å². The molecular weight excluding hydrogens is 656 g/mol. The molecule has 0 aliphatic heterocycles. The number of carbonyl (C=O) groups excluding carboxylic acids is 2. The van der Waals surface area contributed by atoms with Crippen molar-refractivity contribution >= 4 is 23.5 Å². The number of benzene rings is 3. The van der Waals surface area contributed by atoms with E-state index in [2.05, 4.69) is 10.6 Å². The fourth-order valence-corrected chi connectivity index (χ4v) is 7.39. The number of ether oxygens (including phenoxy) is 1. The van der Waals surface area contributed by atoms with Crippen molar-refractivity contribution in [3.63, 3.8) is 0 Å². The molecule has 3 aromatic carbocycles. The first-order valence-corrected chi connectivity index (χ1v) is 14.5. The van der Waals surface area contributed by atoms with Crippen LogP contribution in [0.15, 0.2) is 65.7 Å². The summed E-state index contributed by atoms with van der Waals surface area (Å²) >= 11 is 0. The summed E-state index contributed by atoms with van der Waals surface area (Å²) in [7, 11) is 1.21. The Morgan fingerprint density at radius 2 is 1.65 bits per heavy atom. The summed E-state index contributed by atoms with van der Waals surface area (Å²) < 4.78 is 116. The van der Waals surface area contributed by atoms with Gasteiger partial charge in [-0.1, -0.05) is 12.1 Å². The second-order valence-electron chi connectivity index (χ2n) is 11.9. The van der Waals surface area contributed by atoms with Crippen molar-refractivity contribution in [1.82, 2.24) is 5.32 Å². The standard InChI is InChI=1S/C33H24F8N2O5/c1-48-23-7-3-15(18-10-14(11-24(44)45)2-5-21(18)34)12-19(23)29(46)43-28-25(17-8-9-31(28)26(17)27(31)33(39,40)41)30(47)42-16-4-6-22(35)20(13-16)32(36,37)38/h2-7,10,12-13,17,25,28H,8-9,11H2,1H3,(H,42,47)(H,43,46)(H,44,45)/t17?,25-,28-,31?/m0/s1. The first-order valence-electron chi connectivity index (χ1n) is 14.5. The second kappa shape index (κ2) is 11.3. The van der Waals surface area contributed by atoms with Crippen LogP contribution in [0.1, 0.15) is 34.3 Å². The molecule has 6 rings (SSSR count). The Labute approximate surface area is 266 Å². The topological polar surface area (TPSA) is 105 Å². The SMILES string of the molecule is COc1ccc(-c2cc(CC(=O)O)ccc2F)cc1C(=O)N[C@H]1[C@@H](C(=O)Nc2ccc(F)c(C(F)(F)F)c2)C2CCC13C2=C3C(F)(F)F. The summed E-state index contributed by atoms with van der Waals surface area (Å²) in [4.78, 5) is 38.6. The molecule has 3 N–H and O–H groups in total. The van der Waals surface area contributed by atoms with Crippen LogP contribution in [0.4, 0.5) is 40.8 Å². The van der Waals surface area contributed by atoms with Crippen molar-refractivity contribution in [3.8, 4) is 16.9 Å². The molecule has 0 saturated heterocycles. The van der Waals surface area contributed by atoms with Gasteiger partial charge < -0.3 is 20.5 Å². The molecule has 3 aliphatic rings. The van der Waals surface area contributed by atoms with E-state index in [4.69, 9.17) is 9.84 Å². The van der Waals surface area contributed by atoms with Crippen molar-refractivity contribution in [2.24, 2.45) is 17.3 Å². The fourth-order valence-electron chi connectivity index (χ4n) is 7.39. The molecule has 2 bridgehead atoms. The third-order valence-electron chi connectivity index (χ3n) is 9.23. The van der Waals surface area contributed by atoms with Gasteiger partial charge in [0.2, 0.25) is 5.91 Å². The summed E-state index contributed by atoms with van der Waals surface area (Å²) in [6.45, 7) is 0. The van der Waals surface area contributed by atoms with Gasteiger partial charge in [0.1, 0.15) is 17.4 Å². The monoisotopic (exact) mass is 680 g/mol. The van der Waals surface area contributed by atoms with Crippen LogP contribution in [0.3, 0.4) is 0 Å². The molecule has 3 aliphatic carbocycles. The smallest absolute Gasteiger partial charge is 0.419 e. The molecule has 0 radical (unpaired) electrons. The molecule has 0 aromatic heterocycles. The summed E-state index contributed by atoms with van der Waals surface area (Å²) in [5.41, 5.74) is -4.64. The first kappa shape index (κ1) is 33.0. The highest BCUT2D eigenvalue weighted by atomic mass is 19.4. The minimum atomic E-state index is -5.09. The number of hydrogen-bond acceptors (Lipinski definition) is 4. The normalized spacial score (nSPS) is 22.7. The summed E-state index contributed by atoms with van der Waals surface area (Å²) in [6, 6.07) is 7.79. The third-order valence-corrected chi connectivity index (χ3v) is 9.23. The van der Waals surface area contributed by atoms with E-state index in [1.807, 2.05) is 0 Å². The average Bonchev–Trinajstić information content (AvgIpc) is 3.45. The van der Waals surface area contributed by atoms with Crippen LogP contribution < -0.4 is 15.4 Å². The number of carboxylic acid groups (broad SMARTS) is 1. The highest BCUT2D eigenvalue weighted by Crippen LogP contribution is 2.78. The molecule has 252 valence electrons. The Kier molecular flexibility index (Phi) is 7.79. The number of carbonyl (C=O) groups is 3. The molecule has 2 fully saturated rings. The number of carboxylic acids is 1. The van der Waals surface area contributed by atoms with E-state index in [9.17, 15) is 49.5 Å². The Morgan fingerprint density at radius 3 is 2.29 bits per heavy atom. The number of rotatable bonds is 8. The zero-order valence-electron chi connectivity index (χ0n) is 24.7. The Morgan fingerprint density at radius 1 is 0.938 bits per heavy atom. The number of alkyl halides is 6. The average molecular weight is 681 g/mol. The number of anilines is 1. The van der Waals surface area contributed by atoms with E-state index in [0.29, 0.717) is 12.1 Å². The number of aliphatic carboxylic acids is 1. The van der Waals surface area contributed by atoms with Crippen LogP contribution in [0.5, 0.6) is 5.75 Å². The molecule has 0 heterocycles. The third kappa shape index (κ3) is 5.44. The number of nitrogens with one attached hydrogen (secondary N) is 2. The number of hydrogen-bond donors (Lipinski definition) is 3. The Hall–Kier alpha value is -4.95. The van der Waals surface area contributed by atoms with Gasteiger partial charge in [0, 0.05) is 22.2 Å². The van der Waals surface area contributed by atoms with E-state index in [-0.39, 0.29) is 46.4 Å². The van der Waals surface area contributed by atoms with Gasteiger partial charge in [-0.25, -0.2) is 8.78 Å². The van der Waals surface area contributed by atoms with E-state index in [0.717, 1.165) is 12.1 Å². The van der Waals surface area contributed by atoms with Crippen molar-refractivity contribution in [2.45, 2.75) is 37.7 Å². The predicted molar refractivity (Wildman–Crippen MR) is 153 cm³/mol. The van der Waals surface area contributed by atoms with Crippen LogP contribution in [0.2, 0.25) is 0 Å². The largest absolute Gasteiger partial charge is 0.496 e. The summed E-state index contributed by atoms with van der Waals surface area (Å²) in [5.74, 6) is -7.81. The lowest BCUT2D eigenvalue weighted by Crippen LogP contribution is -2.52. The van der Waals surface area contributed by atoms with Gasteiger partial charge in [0.15, 0.2) is 0 Å². The number of amides is 2. The van der Waals surface area contributed by atoms with E-state index < -0.39 is 88.3 Å². The highest BCUT2D eigenvalue weighted by Gasteiger charge is 2.79. The van der Waals surface area contributed by atoms with E-state index >= 15 is 0 Å². The van der Waals surface area contributed by atoms with Crippen molar-refractivity contribution in [2.75, 3.05) is 12.4 Å². The van der Waals surface area contributed by atoms with Crippen molar-refractivity contribution in [1.29, 1.82) is 0 Å². The molecule has 2 saturated carbocycles. The maximum Gasteiger partial charge on any atom is 0.419 e. The van der Waals surface area contributed by atoms with Crippen LogP contribution in [0.25, 0.3) is 11.1 Å². The van der Waals surface area contributed by atoms with Crippen LogP contribution in [0, 0.1) is 28.9 Å². The predicted octanol–water partition coefficient (Wildman–Crippen LogP) is 6.92. The van der Waals surface area contributed by atoms with Gasteiger partial charge in [-0.3, -0.25) is 14.4 Å². The van der Waals surface area contributed by atoms with Crippen LogP contribution in [-0.4, -0.2) is 42.2 Å². The molecule has 3 aromatic rings. The zero-order chi connectivity index (χ0) is 34.9. The quantitative estimate of drug-likeness (QED) is 0.177. The van der Waals surface area contributed by atoms with E-state index in [1.54, 1.807) is 0 Å². The summed E-state index contributed by atoms with van der Waals surface area (Å²) in [6.07, 6.45) is -10.2. The lowest BCUT2D eigenvalue weighted by molar-refractivity contribution is -0.140. The van der Waals surface area contributed by atoms with Crippen LogP contribution >= 0.6 is 0 Å².